The fourth-order valence-corrected chi connectivity index (χ4v) is 2.25. The van der Waals surface area contributed by atoms with Crippen molar-refractivity contribution in [1.29, 1.82) is 0 Å². The first-order valence-electron chi connectivity index (χ1n) is 6.26. The molecule has 0 amide bonds. The van der Waals surface area contributed by atoms with Gasteiger partial charge in [-0.1, -0.05) is 17.7 Å². The fraction of sp³-hybridized carbons (Fsp3) is 0.357. The lowest BCUT2D eigenvalue weighted by atomic mass is 10.2. The third-order valence-electron chi connectivity index (χ3n) is 3.13. The van der Waals surface area contributed by atoms with E-state index in [0.29, 0.717) is 23.1 Å². The van der Waals surface area contributed by atoms with E-state index in [0.717, 1.165) is 23.4 Å². The number of hydrogen-bond acceptors (Lipinski definition) is 4. The molecule has 0 fully saturated rings. The normalized spacial score (nSPS) is 10.6. The number of aromatic amines is 1. The third-order valence-corrected chi connectivity index (χ3v) is 3.54. The van der Waals surface area contributed by atoms with Gasteiger partial charge in [-0.05, 0) is 18.6 Å². The molecule has 2 aromatic rings. The number of nitrogens with zero attached hydrogens (tertiary/aromatic N) is 1. The van der Waals surface area contributed by atoms with Crippen LogP contribution < -0.4 is 14.8 Å². The van der Waals surface area contributed by atoms with Gasteiger partial charge < -0.3 is 14.8 Å². The van der Waals surface area contributed by atoms with Gasteiger partial charge in [-0.15, -0.1) is 0 Å². The molecule has 108 valence electrons. The number of ether oxygens (including phenoxy) is 2. The van der Waals surface area contributed by atoms with E-state index >= 15 is 0 Å². The zero-order valence-corrected chi connectivity index (χ0v) is 12.5. The summed E-state index contributed by atoms with van der Waals surface area (Å²) in [4.78, 5) is 0. The van der Waals surface area contributed by atoms with E-state index in [4.69, 9.17) is 21.1 Å². The standard InChI is InChI=1S/C14H18ClN3O2/c1-9-11(8-17-18-9)7-16-6-10-4-5-12(19-2)14(20-3)13(10)15/h4-5,8,16H,6-7H2,1-3H3,(H,17,18). The number of halogens is 1. The maximum Gasteiger partial charge on any atom is 0.179 e. The van der Waals surface area contributed by atoms with Gasteiger partial charge in [0.1, 0.15) is 0 Å². The molecule has 0 saturated carbocycles. The second-order valence-corrected chi connectivity index (χ2v) is 4.78. The first kappa shape index (κ1) is 14.7. The molecular formula is C14H18ClN3O2. The van der Waals surface area contributed by atoms with Gasteiger partial charge in [0.05, 0.1) is 25.4 Å². The molecule has 20 heavy (non-hydrogen) atoms. The van der Waals surface area contributed by atoms with Crippen molar-refractivity contribution in [3.63, 3.8) is 0 Å². The summed E-state index contributed by atoms with van der Waals surface area (Å²) in [5.41, 5.74) is 3.17. The highest BCUT2D eigenvalue weighted by Crippen LogP contribution is 2.37. The number of methoxy groups -OCH3 is 2. The van der Waals surface area contributed by atoms with Gasteiger partial charge in [-0.3, -0.25) is 5.10 Å². The molecule has 0 saturated heterocycles. The Labute approximate surface area is 123 Å². The molecule has 0 radical (unpaired) electrons. The summed E-state index contributed by atoms with van der Waals surface area (Å²) in [6.07, 6.45) is 1.82. The van der Waals surface area contributed by atoms with Crippen LogP contribution in [-0.4, -0.2) is 24.4 Å². The van der Waals surface area contributed by atoms with Crippen LogP contribution in [0, 0.1) is 6.92 Å². The molecule has 0 bridgehead atoms. The molecule has 2 N–H and O–H groups in total. The number of benzene rings is 1. The van der Waals surface area contributed by atoms with Gasteiger partial charge in [-0.25, -0.2) is 0 Å². The Morgan fingerprint density at radius 1 is 1.20 bits per heavy atom. The second kappa shape index (κ2) is 6.63. The molecule has 1 aromatic heterocycles. The maximum atomic E-state index is 6.32. The smallest absolute Gasteiger partial charge is 0.179 e. The minimum absolute atomic E-state index is 0.563. The van der Waals surface area contributed by atoms with Crippen molar-refractivity contribution in [2.45, 2.75) is 20.0 Å². The van der Waals surface area contributed by atoms with Crippen LogP contribution in [0.1, 0.15) is 16.8 Å². The lowest BCUT2D eigenvalue weighted by Gasteiger charge is -2.13. The third kappa shape index (κ3) is 3.05. The maximum absolute atomic E-state index is 6.32. The zero-order chi connectivity index (χ0) is 14.5. The van der Waals surface area contributed by atoms with Crippen LogP contribution in [0.4, 0.5) is 0 Å². The Morgan fingerprint density at radius 2 is 1.95 bits per heavy atom. The van der Waals surface area contributed by atoms with Crippen LogP contribution in [0.15, 0.2) is 18.3 Å². The summed E-state index contributed by atoms with van der Waals surface area (Å²) in [7, 11) is 3.17. The summed E-state index contributed by atoms with van der Waals surface area (Å²) in [6.45, 7) is 3.37. The van der Waals surface area contributed by atoms with Crippen molar-refractivity contribution in [1.82, 2.24) is 15.5 Å². The monoisotopic (exact) mass is 295 g/mol. The highest BCUT2D eigenvalue weighted by Gasteiger charge is 2.12. The van der Waals surface area contributed by atoms with Crippen molar-refractivity contribution in [2.75, 3.05) is 14.2 Å². The molecule has 1 aromatic carbocycles. The van der Waals surface area contributed by atoms with Crippen molar-refractivity contribution in [3.05, 3.63) is 40.2 Å². The minimum atomic E-state index is 0.563. The topological polar surface area (TPSA) is 59.2 Å². The second-order valence-electron chi connectivity index (χ2n) is 4.40. The fourth-order valence-electron chi connectivity index (χ4n) is 1.95. The lowest BCUT2D eigenvalue weighted by Crippen LogP contribution is -2.13. The molecule has 0 aliphatic carbocycles. The molecule has 1 heterocycles. The average molecular weight is 296 g/mol. The van der Waals surface area contributed by atoms with E-state index < -0.39 is 0 Å². The van der Waals surface area contributed by atoms with Crippen LogP contribution in [0.3, 0.4) is 0 Å². The van der Waals surface area contributed by atoms with Gasteiger partial charge in [-0.2, -0.15) is 5.10 Å². The summed E-state index contributed by atoms with van der Waals surface area (Å²) in [6, 6.07) is 3.78. The minimum Gasteiger partial charge on any atom is -0.493 e. The quantitative estimate of drug-likeness (QED) is 0.860. The summed E-state index contributed by atoms with van der Waals surface area (Å²) in [5, 5.41) is 10.8. The molecule has 5 nitrogen and oxygen atoms in total. The molecular weight excluding hydrogens is 278 g/mol. The van der Waals surface area contributed by atoms with E-state index in [1.807, 2.05) is 25.3 Å². The van der Waals surface area contributed by atoms with Crippen molar-refractivity contribution < 1.29 is 9.47 Å². The van der Waals surface area contributed by atoms with Crippen LogP contribution in [-0.2, 0) is 13.1 Å². The molecule has 0 atom stereocenters. The van der Waals surface area contributed by atoms with Crippen LogP contribution in [0.5, 0.6) is 11.5 Å². The Morgan fingerprint density at radius 3 is 2.55 bits per heavy atom. The lowest BCUT2D eigenvalue weighted by molar-refractivity contribution is 0.354. The number of nitrogens with one attached hydrogen (secondary N) is 2. The zero-order valence-electron chi connectivity index (χ0n) is 11.8. The van der Waals surface area contributed by atoms with E-state index in [-0.39, 0.29) is 0 Å². The largest absolute Gasteiger partial charge is 0.493 e. The predicted octanol–water partition coefficient (Wildman–Crippen LogP) is 2.68. The molecule has 0 unspecified atom stereocenters. The Hall–Kier alpha value is -1.72. The first-order valence-corrected chi connectivity index (χ1v) is 6.64. The van der Waals surface area contributed by atoms with Crippen molar-refractivity contribution in [2.24, 2.45) is 0 Å². The highest BCUT2D eigenvalue weighted by molar-refractivity contribution is 6.33. The summed E-state index contributed by atoms with van der Waals surface area (Å²) >= 11 is 6.32. The number of hydrogen-bond donors (Lipinski definition) is 2. The van der Waals surface area contributed by atoms with E-state index in [1.54, 1.807) is 14.2 Å². The van der Waals surface area contributed by atoms with Crippen LogP contribution in [0.2, 0.25) is 5.02 Å². The van der Waals surface area contributed by atoms with Gasteiger partial charge in [0.15, 0.2) is 11.5 Å². The SMILES string of the molecule is COc1ccc(CNCc2cn[nH]c2C)c(Cl)c1OC. The van der Waals surface area contributed by atoms with E-state index in [9.17, 15) is 0 Å². The molecule has 2 rings (SSSR count). The predicted molar refractivity (Wildman–Crippen MR) is 78.4 cm³/mol. The van der Waals surface area contributed by atoms with Gasteiger partial charge in [0, 0.05) is 24.3 Å². The Kier molecular flexibility index (Phi) is 4.87. The Balaban J connectivity index is 2.05. The van der Waals surface area contributed by atoms with E-state index in [2.05, 4.69) is 15.5 Å². The van der Waals surface area contributed by atoms with Gasteiger partial charge in [0.2, 0.25) is 0 Å². The summed E-state index contributed by atoms with van der Waals surface area (Å²) < 4.78 is 10.5. The first-order chi connectivity index (χ1) is 9.67. The van der Waals surface area contributed by atoms with Crippen molar-refractivity contribution >= 4 is 11.6 Å². The molecule has 0 aliphatic rings. The average Bonchev–Trinajstić information content (AvgIpc) is 2.86. The molecule has 0 spiro atoms. The van der Waals surface area contributed by atoms with Gasteiger partial charge in [0.25, 0.3) is 0 Å². The number of aromatic nitrogens is 2. The van der Waals surface area contributed by atoms with Crippen LogP contribution >= 0.6 is 11.6 Å². The number of rotatable bonds is 6. The van der Waals surface area contributed by atoms with Gasteiger partial charge >= 0.3 is 0 Å². The van der Waals surface area contributed by atoms with E-state index in [1.165, 1.54) is 0 Å². The van der Waals surface area contributed by atoms with Crippen LogP contribution in [0.25, 0.3) is 0 Å². The Bertz CT molecular complexity index is 584. The number of aryl methyl sites for hydroxylation is 1. The molecule has 0 aliphatic heterocycles. The van der Waals surface area contributed by atoms with Crippen molar-refractivity contribution in [3.8, 4) is 11.5 Å². The molecule has 6 heteroatoms. The number of H-pyrrole nitrogens is 1. The summed E-state index contributed by atoms with van der Waals surface area (Å²) in [5.74, 6) is 1.19. The highest BCUT2D eigenvalue weighted by atomic mass is 35.5.